The van der Waals surface area contributed by atoms with E-state index in [-0.39, 0.29) is 5.41 Å². The van der Waals surface area contributed by atoms with Crippen LogP contribution < -0.4 is 4.57 Å². The third-order valence-electron chi connectivity index (χ3n) is 4.64. The number of nitrogens with zero attached hydrogens (tertiary/aromatic N) is 1. The monoisotopic (exact) mass is 316 g/mol. The third kappa shape index (κ3) is 3.26. The van der Waals surface area contributed by atoms with E-state index in [1.807, 2.05) is 0 Å². The molecular formula is C23H26N+. The summed E-state index contributed by atoms with van der Waals surface area (Å²) in [5, 5.41) is 0. The molecule has 3 rings (SSSR count). The standard InChI is InChI=1S/C23H26N/c1-17-8-6-7-9-21(17)22-15-12-19(16-24(22)5)18-10-13-20(14-11-18)23(2,3)4/h6-16H,1-5H3/q+1. The molecule has 2 aromatic carbocycles. The molecule has 0 unspecified atom stereocenters. The minimum Gasteiger partial charge on any atom is -0.200 e. The van der Waals surface area contributed by atoms with Crippen molar-refractivity contribution in [2.75, 3.05) is 0 Å². The number of hydrogen-bond donors (Lipinski definition) is 0. The lowest BCUT2D eigenvalue weighted by molar-refractivity contribution is -0.659. The molecule has 0 atom stereocenters. The Balaban J connectivity index is 1.97. The Morgan fingerprint density at radius 1 is 0.750 bits per heavy atom. The van der Waals surface area contributed by atoms with Crippen molar-refractivity contribution >= 4 is 0 Å². The second-order valence-corrected chi connectivity index (χ2v) is 7.56. The minimum absolute atomic E-state index is 0.192. The SMILES string of the molecule is Cc1ccccc1-c1ccc(-c2ccc(C(C)(C)C)cc2)c[n+]1C. The van der Waals surface area contributed by atoms with E-state index in [9.17, 15) is 0 Å². The molecule has 0 aliphatic heterocycles. The van der Waals surface area contributed by atoms with Crippen molar-refractivity contribution in [2.45, 2.75) is 33.1 Å². The summed E-state index contributed by atoms with van der Waals surface area (Å²) in [6.45, 7) is 8.91. The highest BCUT2D eigenvalue weighted by molar-refractivity contribution is 5.66. The van der Waals surface area contributed by atoms with Gasteiger partial charge in [-0.05, 0) is 41.2 Å². The first kappa shape index (κ1) is 16.4. The van der Waals surface area contributed by atoms with Crippen LogP contribution in [0, 0.1) is 6.92 Å². The first-order valence-electron chi connectivity index (χ1n) is 8.53. The highest BCUT2D eigenvalue weighted by Crippen LogP contribution is 2.27. The lowest BCUT2D eigenvalue weighted by Crippen LogP contribution is -2.30. The molecule has 0 N–H and O–H groups in total. The summed E-state index contributed by atoms with van der Waals surface area (Å²) in [7, 11) is 2.12. The first-order chi connectivity index (χ1) is 11.4. The normalized spacial score (nSPS) is 11.5. The number of aryl methyl sites for hydroxylation is 2. The van der Waals surface area contributed by atoms with Gasteiger partial charge in [0, 0.05) is 17.2 Å². The molecule has 0 fully saturated rings. The topological polar surface area (TPSA) is 3.88 Å². The van der Waals surface area contributed by atoms with Gasteiger partial charge < -0.3 is 0 Å². The molecule has 0 radical (unpaired) electrons. The van der Waals surface area contributed by atoms with E-state index in [1.165, 1.54) is 33.5 Å². The molecule has 1 aromatic heterocycles. The first-order valence-corrected chi connectivity index (χ1v) is 8.53. The van der Waals surface area contributed by atoms with Crippen LogP contribution in [0.4, 0.5) is 0 Å². The Kier molecular flexibility index (Phi) is 4.28. The quantitative estimate of drug-likeness (QED) is 0.553. The van der Waals surface area contributed by atoms with Crippen molar-refractivity contribution in [3.63, 3.8) is 0 Å². The van der Waals surface area contributed by atoms with E-state index in [0.717, 1.165) is 0 Å². The fraction of sp³-hybridized carbons (Fsp3) is 0.261. The maximum atomic E-state index is 2.25. The molecule has 0 aliphatic rings. The van der Waals surface area contributed by atoms with Crippen LogP contribution in [0.1, 0.15) is 31.9 Å². The van der Waals surface area contributed by atoms with Gasteiger partial charge in [-0.2, -0.15) is 0 Å². The number of hydrogen-bond acceptors (Lipinski definition) is 0. The highest BCUT2D eigenvalue weighted by atomic mass is 14.9. The number of benzene rings is 2. The van der Waals surface area contributed by atoms with Crippen LogP contribution in [0.3, 0.4) is 0 Å². The van der Waals surface area contributed by atoms with E-state index in [4.69, 9.17) is 0 Å². The predicted molar refractivity (Wildman–Crippen MR) is 102 cm³/mol. The molecule has 0 saturated heterocycles. The Morgan fingerprint density at radius 2 is 1.38 bits per heavy atom. The molecule has 122 valence electrons. The Hall–Kier alpha value is -2.41. The molecule has 24 heavy (non-hydrogen) atoms. The summed E-state index contributed by atoms with van der Waals surface area (Å²) in [5.74, 6) is 0. The van der Waals surface area contributed by atoms with Crippen molar-refractivity contribution in [3.8, 4) is 22.4 Å². The summed E-state index contributed by atoms with van der Waals surface area (Å²) in [4.78, 5) is 0. The largest absolute Gasteiger partial charge is 0.212 e. The summed E-state index contributed by atoms with van der Waals surface area (Å²) >= 11 is 0. The van der Waals surface area contributed by atoms with Gasteiger partial charge in [-0.3, -0.25) is 0 Å². The van der Waals surface area contributed by atoms with Gasteiger partial charge in [0.15, 0.2) is 6.20 Å². The van der Waals surface area contributed by atoms with Gasteiger partial charge >= 0.3 is 0 Å². The molecule has 0 aliphatic carbocycles. The van der Waals surface area contributed by atoms with E-state index in [0.29, 0.717) is 0 Å². The average molecular weight is 316 g/mol. The average Bonchev–Trinajstić information content (AvgIpc) is 2.55. The van der Waals surface area contributed by atoms with Crippen molar-refractivity contribution in [1.29, 1.82) is 0 Å². The fourth-order valence-electron chi connectivity index (χ4n) is 3.08. The summed E-state index contributed by atoms with van der Waals surface area (Å²) < 4.78 is 2.22. The molecule has 1 heterocycles. The van der Waals surface area contributed by atoms with Gasteiger partial charge in [0.05, 0.1) is 0 Å². The summed E-state index contributed by atoms with van der Waals surface area (Å²) in [6.07, 6.45) is 2.22. The fourth-order valence-corrected chi connectivity index (χ4v) is 3.08. The van der Waals surface area contributed by atoms with Crippen LogP contribution >= 0.6 is 0 Å². The van der Waals surface area contributed by atoms with Gasteiger partial charge in [-0.25, -0.2) is 4.57 Å². The summed E-state index contributed by atoms with van der Waals surface area (Å²) in [5.41, 5.74) is 7.89. The van der Waals surface area contributed by atoms with E-state index in [1.54, 1.807) is 0 Å². The Morgan fingerprint density at radius 3 is 1.96 bits per heavy atom. The van der Waals surface area contributed by atoms with Gasteiger partial charge in [-0.1, -0.05) is 63.2 Å². The van der Waals surface area contributed by atoms with Crippen LogP contribution in [0.5, 0.6) is 0 Å². The molecule has 1 heteroatoms. The Bertz CT molecular complexity index is 852. The molecule has 3 aromatic rings. The van der Waals surface area contributed by atoms with E-state index < -0.39 is 0 Å². The number of aromatic nitrogens is 1. The molecule has 0 bridgehead atoms. The van der Waals surface area contributed by atoms with Gasteiger partial charge in [0.1, 0.15) is 7.05 Å². The van der Waals surface area contributed by atoms with Crippen LogP contribution in [0.15, 0.2) is 66.9 Å². The smallest absolute Gasteiger partial charge is 0.200 e. The lowest BCUT2D eigenvalue weighted by atomic mass is 9.86. The zero-order valence-corrected chi connectivity index (χ0v) is 15.3. The molecule has 0 amide bonds. The number of rotatable bonds is 2. The van der Waals surface area contributed by atoms with Gasteiger partial charge in [-0.15, -0.1) is 0 Å². The van der Waals surface area contributed by atoms with E-state index in [2.05, 4.69) is 106 Å². The predicted octanol–water partition coefficient (Wildman–Crippen LogP) is 5.45. The van der Waals surface area contributed by atoms with Crippen LogP contribution in [0.25, 0.3) is 22.4 Å². The molecule has 1 nitrogen and oxygen atoms in total. The highest BCUT2D eigenvalue weighted by Gasteiger charge is 2.15. The van der Waals surface area contributed by atoms with Crippen LogP contribution in [-0.4, -0.2) is 0 Å². The van der Waals surface area contributed by atoms with Crippen molar-refractivity contribution < 1.29 is 4.57 Å². The van der Waals surface area contributed by atoms with Crippen molar-refractivity contribution in [2.24, 2.45) is 7.05 Å². The maximum Gasteiger partial charge on any atom is 0.212 e. The van der Waals surface area contributed by atoms with Crippen LogP contribution in [-0.2, 0) is 12.5 Å². The lowest BCUT2D eigenvalue weighted by Gasteiger charge is -2.19. The second kappa shape index (κ2) is 6.24. The zero-order valence-electron chi connectivity index (χ0n) is 15.3. The molecular weight excluding hydrogens is 290 g/mol. The van der Waals surface area contributed by atoms with Crippen molar-refractivity contribution in [3.05, 3.63) is 78.0 Å². The second-order valence-electron chi connectivity index (χ2n) is 7.56. The van der Waals surface area contributed by atoms with Crippen LogP contribution in [0.2, 0.25) is 0 Å². The van der Waals surface area contributed by atoms with Gasteiger partial charge in [0.2, 0.25) is 5.69 Å². The summed E-state index contributed by atoms with van der Waals surface area (Å²) in [6, 6.07) is 21.9. The maximum absolute atomic E-state index is 2.25. The third-order valence-corrected chi connectivity index (χ3v) is 4.64. The van der Waals surface area contributed by atoms with Gasteiger partial charge in [0.25, 0.3) is 0 Å². The van der Waals surface area contributed by atoms with E-state index >= 15 is 0 Å². The molecule has 0 spiro atoms. The number of pyridine rings is 1. The minimum atomic E-state index is 0.192. The van der Waals surface area contributed by atoms with Crippen molar-refractivity contribution in [1.82, 2.24) is 0 Å². The Labute approximate surface area is 145 Å². The molecule has 0 saturated carbocycles. The zero-order chi connectivity index (χ0) is 17.3.